The van der Waals surface area contributed by atoms with Crippen molar-refractivity contribution in [1.82, 2.24) is 16.0 Å². The summed E-state index contributed by atoms with van der Waals surface area (Å²) in [5, 5.41) is 28.4. The Morgan fingerprint density at radius 1 is 0.683 bits per heavy atom. The minimum Gasteiger partial charge on any atom is -0.396 e. The number of guanidine groups is 1. The van der Waals surface area contributed by atoms with Crippen molar-refractivity contribution in [1.29, 1.82) is 0 Å². The number of aliphatic imine (C=N–C) groups is 1. The molecule has 60 heavy (non-hydrogen) atoms. The second kappa shape index (κ2) is 31.7. The lowest BCUT2D eigenvalue weighted by atomic mass is 9.87. The molecule has 0 saturated carbocycles. The second-order valence-corrected chi connectivity index (χ2v) is 16.7. The van der Waals surface area contributed by atoms with E-state index in [0.717, 1.165) is 24.8 Å². The van der Waals surface area contributed by atoms with Gasteiger partial charge in [0.25, 0.3) is 0 Å². The van der Waals surface area contributed by atoms with Crippen LogP contribution >= 0.6 is 0 Å². The number of carbonyl (C=O) groups excluding carboxylic acids is 6. The number of nitrogens with zero attached hydrogens (tertiary/aromatic N) is 1. The number of rotatable bonds is 35. The largest absolute Gasteiger partial charge is 0.396 e. The van der Waals surface area contributed by atoms with E-state index in [1.54, 1.807) is 26.0 Å². The predicted octanol–water partition coefficient (Wildman–Crippen LogP) is 4.99. The number of aliphatic hydroxyl groups is 2. The highest BCUT2D eigenvalue weighted by atomic mass is 16.3. The number of hydrogen-bond donors (Lipinski definition) is 7. The van der Waals surface area contributed by atoms with Gasteiger partial charge in [0.05, 0.1) is 24.8 Å². The Hall–Kier alpha value is -4.17. The molecule has 0 bridgehead atoms. The van der Waals surface area contributed by atoms with Crippen LogP contribution in [0.5, 0.6) is 0 Å². The Kier molecular flexibility index (Phi) is 28.4. The molecule has 0 fully saturated rings. The Bertz CT molecular complexity index is 1450. The van der Waals surface area contributed by atoms with Gasteiger partial charge in [-0.1, -0.05) is 128 Å². The summed E-state index contributed by atoms with van der Waals surface area (Å²) in [4.78, 5) is 83.9. The van der Waals surface area contributed by atoms with Crippen molar-refractivity contribution in [3.63, 3.8) is 0 Å². The minimum absolute atomic E-state index is 0.126. The van der Waals surface area contributed by atoms with Gasteiger partial charge in [-0.3, -0.25) is 33.8 Å². The first-order valence-electron chi connectivity index (χ1n) is 22.4. The molecule has 340 valence electrons. The van der Waals surface area contributed by atoms with E-state index in [2.05, 4.69) is 27.9 Å². The summed E-state index contributed by atoms with van der Waals surface area (Å²) in [7, 11) is 0. The summed E-state index contributed by atoms with van der Waals surface area (Å²) in [6.07, 6.45) is 14.3. The summed E-state index contributed by atoms with van der Waals surface area (Å²) in [5.74, 6) is -5.34. The molecule has 14 nitrogen and oxygen atoms in total. The summed E-state index contributed by atoms with van der Waals surface area (Å²) in [6.45, 7) is 8.07. The fourth-order valence-corrected chi connectivity index (χ4v) is 7.17. The third-order valence-electron chi connectivity index (χ3n) is 10.9. The lowest BCUT2D eigenvalue weighted by molar-refractivity contribution is -0.136. The number of Topliss-reactive ketones (excluding diaryl/α,β-unsaturated/α-hetero) is 3. The van der Waals surface area contributed by atoms with Crippen molar-refractivity contribution in [3.05, 3.63) is 35.9 Å². The molecule has 0 aromatic heterocycles. The van der Waals surface area contributed by atoms with Crippen LogP contribution in [-0.2, 0) is 35.2 Å². The van der Waals surface area contributed by atoms with Crippen molar-refractivity contribution >= 4 is 41.0 Å². The van der Waals surface area contributed by atoms with Crippen molar-refractivity contribution in [2.24, 2.45) is 34.2 Å². The average molecular weight is 843 g/mol. The molecule has 3 amide bonds. The SMILES string of the molecule is CCCCCCCCCCCCCCCC(=O)NC(C(=O)N[C@H](C(=O)C[C@@H](Cc1ccccc1)C(=O)N[C@@H](CCCN=C(N)N)C(=O)C[C@@H](CO)C(C)=O)C(C)C)[C@@H](C)O. The van der Waals surface area contributed by atoms with E-state index in [-0.39, 0.29) is 56.3 Å². The lowest BCUT2D eigenvalue weighted by Crippen LogP contribution is -2.57. The van der Waals surface area contributed by atoms with Crippen LogP contribution in [0.2, 0.25) is 0 Å². The molecule has 6 atom stereocenters. The van der Waals surface area contributed by atoms with E-state index in [0.29, 0.717) is 12.8 Å². The number of ketones is 3. The van der Waals surface area contributed by atoms with E-state index in [1.165, 1.54) is 71.6 Å². The molecule has 1 aromatic rings. The molecule has 0 saturated heterocycles. The summed E-state index contributed by atoms with van der Waals surface area (Å²) in [6, 6.07) is 5.67. The smallest absolute Gasteiger partial charge is 0.245 e. The minimum atomic E-state index is -1.29. The van der Waals surface area contributed by atoms with E-state index in [1.807, 2.05) is 18.2 Å². The van der Waals surface area contributed by atoms with Gasteiger partial charge in [0.2, 0.25) is 17.7 Å². The third-order valence-corrected chi connectivity index (χ3v) is 10.9. The molecular formula is C46H78N6O8. The number of nitrogens with one attached hydrogen (secondary N) is 3. The van der Waals surface area contributed by atoms with E-state index in [4.69, 9.17) is 11.5 Å². The summed E-state index contributed by atoms with van der Waals surface area (Å²) < 4.78 is 0. The highest BCUT2D eigenvalue weighted by Crippen LogP contribution is 2.19. The van der Waals surface area contributed by atoms with Gasteiger partial charge in [-0.05, 0) is 51.0 Å². The van der Waals surface area contributed by atoms with E-state index >= 15 is 0 Å². The fraction of sp³-hybridized carbons (Fsp3) is 0.717. The van der Waals surface area contributed by atoms with E-state index < -0.39 is 72.0 Å². The van der Waals surface area contributed by atoms with Gasteiger partial charge in [0, 0.05) is 37.6 Å². The van der Waals surface area contributed by atoms with Crippen molar-refractivity contribution in [3.8, 4) is 0 Å². The van der Waals surface area contributed by atoms with Crippen LogP contribution in [0.3, 0.4) is 0 Å². The molecule has 0 aliphatic rings. The zero-order chi connectivity index (χ0) is 44.9. The first kappa shape index (κ1) is 53.8. The standard InChI is InChI=1S/C46H78N6O8/c1-6-7-8-9-10-11-12-13-14-15-16-17-21-26-41(58)51-43(34(5)55)45(60)52-42(32(2)3)40(57)29-36(28-35-23-19-18-20-24-35)44(59)50-38(25-22-27-49-46(47)48)39(56)30-37(31-53)33(4)54/h18-20,23-24,32,34,36-38,42-43,53,55H,6-17,21-22,25-31H2,1-5H3,(H,50,59)(H,51,58)(H,52,60)(H4,47,48,49)/t34-,36-,37+,38+,42+,43?/m1/s1. The molecular weight excluding hydrogens is 765 g/mol. The molecule has 0 spiro atoms. The zero-order valence-electron chi connectivity index (χ0n) is 37.2. The Morgan fingerprint density at radius 3 is 1.73 bits per heavy atom. The highest BCUT2D eigenvalue weighted by molar-refractivity contribution is 5.96. The van der Waals surface area contributed by atoms with Crippen LogP contribution < -0.4 is 27.4 Å². The van der Waals surface area contributed by atoms with Crippen LogP contribution in [0.15, 0.2) is 35.3 Å². The first-order valence-corrected chi connectivity index (χ1v) is 22.4. The normalized spacial score (nSPS) is 14.3. The van der Waals surface area contributed by atoms with Gasteiger partial charge >= 0.3 is 0 Å². The topological polar surface area (TPSA) is 243 Å². The van der Waals surface area contributed by atoms with Crippen LogP contribution in [0.1, 0.15) is 156 Å². The number of hydrogen-bond acceptors (Lipinski definition) is 9. The highest BCUT2D eigenvalue weighted by Gasteiger charge is 2.34. The monoisotopic (exact) mass is 843 g/mol. The number of aliphatic hydroxyl groups excluding tert-OH is 2. The molecule has 0 heterocycles. The van der Waals surface area contributed by atoms with Gasteiger partial charge in [0.15, 0.2) is 17.5 Å². The van der Waals surface area contributed by atoms with Crippen LogP contribution in [0, 0.1) is 17.8 Å². The van der Waals surface area contributed by atoms with Crippen molar-refractivity contribution in [2.75, 3.05) is 13.2 Å². The fourth-order valence-electron chi connectivity index (χ4n) is 7.17. The molecule has 14 heteroatoms. The second-order valence-electron chi connectivity index (χ2n) is 16.7. The number of nitrogens with two attached hydrogens (primary N) is 2. The average Bonchev–Trinajstić information content (AvgIpc) is 3.20. The van der Waals surface area contributed by atoms with Crippen LogP contribution in [-0.4, -0.2) is 88.6 Å². The van der Waals surface area contributed by atoms with Crippen molar-refractivity contribution < 1.29 is 39.0 Å². The molecule has 0 radical (unpaired) electrons. The maximum Gasteiger partial charge on any atom is 0.245 e. The number of amides is 3. The molecule has 0 aliphatic heterocycles. The van der Waals surface area contributed by atoms with Gasteiger partial charge in [-0.25, -0.2) is 0 Å². The van der Waals surface area contributed by atoms with Crippen LogP contribution in [0.4, 0.5) is 0 Å². The Balaban J connectivity index is 2.97. The predicted molar refractivity (Wildman–Crippen MR) is 237 cm³/mol. The van der Waals surface area contributed by atoms with Gasteiger partial charge in [-0.2, -0.15) is 0 Å². The summed E-state index contributed by atoms with van der Waals surface area (Å²) in [5.41, 5.74) is 11.7. The number of carbonyl (C=O) groups is 6. The van der Waals surface area contributed by atoms with Crippen molar-refractivity contribution in [2.45, 2.75) is 181 Å². The number of unbranched alkanes of at least 4 members (excludes halogenated alkanes) is 12. The molecule has 9 N–H and O–H groups in total. The number of benzene rings is 1. The Labute approximate surface area is 359 Å². The van der Waals surface area contributed by atoms with Crippen LogP contribution in [0.25, 0.3) is 0 Å². The van der Waals surface area contributed by atoms with Gasteiger partial charge < -0.3 is 37.6 Å². The summed E-state index contributed by atoms with van der Waals surface area (Å²) >= 11 is 0. The third kappa shape index (κ3) is 23.6. The van der Waals surface area contributed by atoms with Gasteiger partial charge in [0.1, 0.15) is 11.8 Å². The quantitative estimate of drug-likeness (QED) is 0.0274. The Morgan fingerprint density at radius 2 is 1.23 bits per heavy atom. The molecule has 1 rings (SSSR count). The van der Waals surface area contributed by atoms with E-state index in [9.17, 15) is 39.0 Å². The molecule has 0 aliphatic carbocycles. The maximum absolute atomic E-state index is 14.0. The maximum atomic E-state index is 14.0. The molecule has 1 aromatic carbocycles. The first-order chi connectivity index (χ1) is 28.6. The lowest BCUT2D eigenvalue weighted by Gasteiger charge is -2.28. The molecule has 1 unspecified atom stereocenters. The van der Waals surface area contributed by atoms with Gasteiger partial charge in [-0.15, -0.1) is 0 Å². The zero-order valence-corrected chi connectivity index (χ0v) is 37.2.